The quantitative estimate of drug-likeness (QED) is 0.582. The molecular formula is C8H17N3O2S. The van der Waals surface area contributed by atoms with Gasteiger partial charge in [-0.3, -0.25) is 0 Å². The van der Waals surface area contributed by atoms with Gasteiger partial charge in [-0.25, -0.2) is 13.1 Å². The van der Waals surface area contributed by atoms with Gasteiger partial charge < -0.3 is 5.32 Å². The fraction of sp³-hybridized carbons (Fsp3) is 0.875. The van der Waals surface area contributed by atoms with Crippen molar-refractivity contribution in [2.24, 2.45) is 0 Å². The summed E-state index contributed by atoms with van der Waals surface area (Å²) in [5, 5.41) is 11.5. The lowest BCUT2D eigenvalue weighted by atomic mass is 10.2. The first-order valence-electron chi connectivity index (χ1n) is 4.54. The average Bonchev–Trinajstić information content (AvgIpc) is 2.08. The van der Waals surface area contributed by atoms with Gasteiger partial charge in [-0.05, 0) is 6.42 Å². The molecule has 82 valence electrons. The van der Waals surface area contributed by atoms with Crippen LogP contribution >= 0.6 is 0 Å². The lowest BCUT2D eigenvalue weighted by Gasteiger charge is -2.12. The maximum Gasteiger partial charge on any atom is 0.208 e. The lowest BCUT2D eigenvalue weighted by molar-refractivity contribution is 0.504. The number of nitriles is 1. The van der Waals surface area contributed by atoms with E-state index in [2.05, 4.69) is 16.1 Å². The van der Waals surface area contributed by atoms with Gasteiger partial charge in [0.2, 0.25) is 10.0 Å². The fourth-order valence-corrected chi connectivity index (χ4v) is 1.46. The zero-order valence-electron chi connectivity index (χ0n) is 8.58. The minimum atomic E-state index is -3.10. The number of rotatable bonds is 7. The van der Waals surface area contributed by atoms with E-state index in [1.807, 2.05) is 6.92 Å². The highest BCUT2D eigenvalue weighted by Gasteiger charge is 2.04. The molecule has 0 aliphatic carbocycles. The van der Waals surface area contributed by atoms with Crippen LogP contribution in [0.5, 0.6) is 0 Å². The molecule has 0 bridgehead atoms. The van der Waals surface area contributed by atoms with Crippen LogP contribution in [0.4, 0.5) is 0 Å². The van der Waals surface area contributed by atoms with Crippen molar-refractivity contribution in [3.05, 3.63) is 0 Å². The highest BCUT2D eigenvalue weighted by molar-refractivity contribution is 7.88. The van der Waals surface area contributed by atoms with Crippen LogP contribution in [0.25, 0.3) is 0 Å². The summed E-state index contributed by atoms with van der Waals surface area (Å²) >= 11 is 0. The van der Waals surface area contributed by atoms with E-state index in [0.717, 1.165) is 12.7 Å². The molecular weight excluding hydrogens is 202 g/mol. The molecule has 0 aromatic carbocycles. The van der Waals surface area contributed by atoms with Crippen LogP contribution in [-0.2, 0) is 10.0 Å². The highest BCUT2D eigenvalue weighted by Crippen LogP contribution is 1.94. The van der Waals surface area contributed by atoms with E-state index in [9.17, 15) is 8.42 Å². The van der Waals surface area contributed by atoms with Crippen LogP contribution in [0, 0.1) is 11.3 Å². The largest absolute Gasteiger partial charge is 0.312 e. The van der Waals surface area contributed by atoms with E-state index >= 15 is 0 Å². The third kappa shape index (κ3) is 7.98. The topological polar surface area (TPSA) is 82.0 Å². The first-order chi connectivity index (χ1) is 6.49. The Morgan fingerprint density at radius 3 is 2.50 bits per heavy atom. The minimum Gasteiger partial charge on any atom is -0.312 e. The molecule has 1 unspecified atom stereocenters. The standard InChI is InChI=1S/C8H17N3O2S/c1-3-8(4-5-9)10-6-7-11-14(2,12)13/h8,10-11H,3-4,6-7H2,1-2H3. The Bertz CT molecular complexity index is 281. The summed E-state index contributed by atoms with van der Waals surface area (Å²) in [6.07, 6.45) is 2.45. The van der Waals surface area contributed by atoms with Crippen molar-refractivity contribution in [3.8, 4) is 6.07 Å². The summed E-state index contributed by atoms with van der Waals surface area (Å²) in [5.74, 6) is 0. The summed E-state index contributed by atoms with van der Waals surface area (Å²) < 4.78 is 23.7. The summed E-state index contributed by atoms with van der Waals surface area (Å²) in [6.45, 7) is 2.90. The van der Waals surface area contributed by atoms with E-state index in [0.29, 0.717) is 19.5 Å². The predicted octanol–water partition coefficient (Wildman–Crippen LogP) is -0.183. The Morgan fingerprint density at radius 1 is 1.43 bits per heavy atom. The Morgan fingerprint density at radius 2 is 2.07 bits per heavy atom. The molecule has 1 atom stereocenters. The zero-order chi connectivity index (χ0) is 11.0. The van der Waals surface area contributed by atoms with Gasteiger partial charge in [0.1, 0.15) is 0 Å². The lowest BCUT2D eigenvalue weighted by Crippen LogP contribution is -2.36. The van der Waals surface area contributed by atoms with Crippen molar-refractivity contribution < 1.29 is 8.42 Å². The Labute approximate surface area is 85.5 Å². The van der Waals surface area contributed by atoms with E-state index in [1.54, 1.807) is 0 Å². The maximum atomic E-state index is 10.7. The van der Waals surface area contributed by atoms with Gasteiger partial charge in [0.25, 0.3) is 0 Å². The molecule has 0 radical (unpaired) electrons. The molecule has 5 nitrogen and oxygen atoms in total. The van der Waals surface area contributed by atoms with E-state index < -0.39 is 10.0 Å². The second-order valence-electron chi connectivity index (χ2n) is 3.09. The Kier molecular flexibility index (Phi) is 6.45. The minimum absolute atomic E-state index is 0.154. The van der Waals surface area contributed by atoms with Crippen LogP contribution in [0.1, 0.15) is 19.8 Å². The molecule has 6 heteroatoms. The maximum absolute atomic E-state index is 10.7. The van der Waals surface area contributed by atoms with Gasteiger partial charge in [0.15, 0.2) is 0 Å². The van der Waals surface area contributed by atoms with Crippen LogP contribution in [0.3, 0.4) is 0 Å². The molecule has 14 heavy (non-hydrogen) atoms. The normalized spacial score (nSPS) is 13.5. The second-order valence-corrected chi connectivity index (χ2v) is 4.92. The molecule has 0 saturated carbocycles. The molecule has 0 rings (SSSR count). The second kappa shape index (κ2) is 6.76. The number of hydrogen-bond acceptors (Lipinski definition) is 4. The van der Waals surface area contributed by atoms with Crippen molar-refractivity contribution in [3.63, 3.8) is 0 Å². The van der Waals surface area contributed by atoms with Gasteiger partial charge in [-0.15, -0.1) is 0 Å². The number of nitrogens with one attached hydrogen (secondary N) is 2. The molecule has 0 heterocycles. The van der Waals surface area contributed by atoms with Gasteiger partial charge in [0.05, 0.1) is 18.7 Å². The predicted molar refractivity (Wildman–Crippen MR) is 55.2 cm³/mol. The average molecular weight is 219 g/mol. The summed E-state index contributed by atoms with van der Waals surface area (Å²) in [7, 11) is -3.10. The molecule has 0 aliphatic heterocycles. The fourth-order valence-electron chi connectivity index (χ4n) is 0.984. The molecule has 0 saturated heterocycles. The number of nitrogens with zero attached hydrogens (tertiary/aromatic N) is 1. The SMILES string of the molecule is CCC(CC#N)NCCNS(C)(=O)=O. The van der Waals surface area contributed by atoms with Crippen LogP contribution in [0.2, 0.25) is 0 Å². The third-order valence-electron chi connectivity index (χ3n) is 1.75. The van der Waals surface area contributed by atoms with Crippen molar-refractivity contribution >= 4 is 10.0 Å². The van der Waals surface area contributed by atoms with Gasteiger partial charge in [0, 0.05) is 19.1 Å². The van der Waals surface area contributed by atoms with Crippen LogP contribution in [0.15, 0.2) is 0 Å². The molecule has 0 spiro atoms. The van der Waals surface area contributed by atoms with Crippen molar-refractivity contribution in [1.82, 2.24) is 10.0 Å². The summed E-state index contributed by atoms with van der Waals surface area (Å²) in [4.78, 5) is 0. The van der Waals surface area contributed by atoms with Gasteiger partial charge in [-0.2, -0.15) is 5.26 Å². The molecule has 0 aromatic rings. The van der Waals surface area contributed by atoms with Crippen LogP contribution in [-0.4, -0.2) is 33.8 Å². The van der Waals surface area contributed by atoms with Gasteiger partial charge in [-0.1, -0.05) is 6.92 Å². The Balaban J connectivity index is 3.58. The monoisotopic (exact) mass is 219 g/mol. The van der Waals surface area contributed by atoms with E-state index in [-0.39, 0.29) is 6.04 Å². The summed E-state index contributed by atoms with van der Waals surface area (Å²) in [6, 6.07) is 2.23. The molecule has 2 N–H and O–H groups in total. The van der Waals surface area contributed by atoms with Crippen molar-refractivity contribution in [1.29, 1.82) is 5.26 Å². The highest BCUT2D eigenvalue weighted by atomic mass is 32.2. The smallest absolute Gasteiger partial charge is 0.208 e. The Hall–Kier alpha value is -0.640. The van der Waals surface area contributed by atoms with Crippen molar-refractivity contribution in [2.45, 2.75) is 25.8 Å². The number of hydrogen-bond donors (Lipinski definition) is 2. The van der Waals surface area contributed by atoms with Crippen molar-refractivity contribution in [2.75, 3.05) is 19.3 Å². The molecule has 0 aliphatic rings. The molecule has 0 amide bonds. The van der Waals surface area contributed by atoms with Gasteiger partial charge >= 0.3 is 0 Å². The van der Waals surface area contributed by atoms with E-state index in [4.69, 9.17) is 5.26 Å². The molecule has 0 fully saturated rings. The first kappa shape index (κ1) is 13.4. The number of sulfonamides is 1. The molecule has 0 aromatic heterocycles. The summed E-state index contributed by atoms with van der Waals surface area (Å²) in [5.41, 5.74) is 0. The van der Waals surface area contributed by atoms with Crippen LogP contribution < -0.4 is 10.0 Å². The first-order valence-corrected chi connectivity index (χ1v) is 6.43. The third-order valence-corrected chi connectivity index (χ3v) is 2.48. The van der Waals surface area contributed by atoms with E-state index in [1.165, 1.54) is 0 Å². The zero-order valence-corrected chi connectivity index (χ0v) is 9.39.